The van der Waals surface area contributed by atoms with Gasteiger partial charge in [-0.1, -0.05) is 42.5 Å². The molecule has 0 spiro atoms. The molecule has 1 atom stereocenters. The van der Waals surface area contributed by atoms with Crippen LogP contribution in [0.25, 0.3) is 10.8 Å². The monoisotopic (exact) mass is 235 g/mol. The Morgan fingerprint density at radius 2 is 1.61 bits per heavy atom. The number of rotatable bonds is 2. The van der Waals surface area contributed by atoms with Gasteiger partial charge in [-0.15, -0.1) is 0 Å². The predicted octanol–water partition coefficient (Wildman–Crippen LogP) is 3.32. The van der Waals surface area contributed by atoms with Crippen LogP contribution in [0.3, 0.4) is 0 Å². The largest absolute Gasteiger partial charge is 0.382 e. The summed E-state index contributed by atoms with van der Waals surface area (Å²) in [5.74, 6) is 0. The molecule has 0 unspecified atom stereocenters. The number of fused-ring (bicyclic) bond motifs is 1. The highest BCUT2D eigenvalue weighted by molar-refractivity contribution is 5.83. The average molecular weight is 235 g/mol. The second-order valence-electron chi connectivity index (χ2n) is 4.26. The lowest BCUT2D eigenvalue weighted by Crippen LogP contribution is -2.01. The van der Waals surface area contributed by atoms with Gasteiger partial charge in [-0.25, -0.2) is 0 Å². The van der Waals surface area contributed by atoms with Crippen molar-refractivity contribution in [3.8, 4) is 0 Å². The van der Waals surface area contributed by atoms with E-state index in [0.29, 0.717) is 5.69 Å². The van der Waals surface area contributed by atoms with E-state index in [4.69, 9.17) is 0 Å². The summed E-state index contributed by atoms with van der Waals surface area (Å²) in [6, 6.07) is 19.7. The normalized spacial score (nSPS) is 12.5. The van der Waals surface area contributed by atoms with E-state index in [-0.39, 0.29) is 0 Å². The smallest absolute Gasteiger partial charge is 0.121 e. The van der Waals surface area contributed by atoms with Crippen molar-refractivity contribution >= 4 is 10.8 Å². The summed E-state index contributed by atoms with van der Waals surface area (Å²) in [5, 5.41) is 12.6. The first kappa shape index (κ1) is 10.9. The van der Waals surface area contributed by atoms with Crippen molar-refractivity contribution in [3.05, 3.63) is 78.1 Å². The van der Waals surface area contributed by atoms with E-state index in [0.717, 1.165) is 10.9 Å². The van der Waals surface area contributed by atoms with Crippen LogP contribution < -0.4 is 0 Å². The van der Waals surface area contributed by atoms with Crippen LogP contribution in [0.4, 0.5) is 0 Å². The molecule has 2 nitrogen and oxygen atoms in total. The zero-order valence-corrected chi connectivity index (χ0v) is 9.82. The zero-order chi connectivity index (χ0) is 12.4. The van der Waals surface area contributed by atoms with Gasteiger partial charge in [0.1, 0.15) is 6.10 Å². The number of aliphatic hydroxyl groups is 1. The molecule has 0 aliphatic heterocycles. The van der Waals surface area contributed by atoms with Gasteiger partial charge in [0.15, 0.2) is 0 Å². The van der Waals surface area contributed by atoms with Crippen molar-refractivity contribution in [1.82, 2.24) is 4.98 Å². The number of hydrogen-bond acceptors (Lipinski definition) is 2. The third-order valence-electron chi connectivity index (χ3n) is 3.06. The van der Waals surface area contributed by atoms with E-state index >= 15 is 0 Å². The highest BCUT2D eigenvalue weighted by atomic mass is 16.3. The Morgan fingerprint density at radius 1 is 0.833 bits per heavy atom. The van der Waals surface area contributed by atoms with Gasteiger partial charge in [-0.2, -0.15) is 0 Å². The number of hydrogen-bond donors (Lipinski definition) is 1. The third-order valence-corrected chi connectivity index (χ3v) is 3.06. The van der Waals surface area contributed by atoms with E-state index in [1.54, 1.807) is 6.20 Å². The SMILES string of the molecule is O[C@H](c1ccc2ccccc2c1)c1ccccn1. The molecule has 1 aromatic heterocycles. The Balaban J connectivity index is 2.04. The average Bonchev–Trinajstić information content (AvgIpc) is 2.47. The molecule has 3 aromatic rings. The number of aromatic nitrogens is 1. The Bertz CT molecular complexity index is 664. The number of benzene rings is 2. The molecule has 3 rings (SSSR count). The Labute approximate surface area is 106 Å². The van der Waals surface area contributed by atoms with Crippen molar-refractivity contribution in [2.24, 2.45) is 0 Å². The molecule has 0 aliphatic carbocycles. The summed E-state index contributed by atoms with van der Waals surface area (Å²) in [7, 11) is 0. The summed E-state index contributed by atoms with van der Waals surface area (Å²) in [6.45, 7) is 0. The summed E-state index contributed by atoms with van der Waals surface area (Å²) >= 11 is 0. The molecule has 0 saturated heterocycles. The maximum Gasteiger partial charge on any atom is 0.121 e. The molecule has 1 N–H and O–H groups in total. The van der Waals surface area contributed by atoms with E-state index < -0.39 is 6.10 Å². The molecule has 0 saturated carbocycles. The van der Waals surface area contributed by atoms with Crippen molar-refractivity contribution < 1.29 is 5.11 Å². The predicted molar refractivity (Wildman–Crippen MR) is 72.2 cm³/mol. The highest BCUT2D eigenvalue weighted by Crippen LogP contribution is 2.24. The Hall–Kier alpha value is -2.19. The Morgan fingerprint density at radius 3 is 2.39 bits per heavy atom. The van der Waals surface area contributed by atoms with Crippen LogP contribution in [-0.4, -0.2) is 10.1 Å². The molecule has 18 heavy (non-hydrogen) atoms. The maximum absolute atomic E-state index is 10.3. The first-order valence-corrected chi connectivity index (χ1v) is 5.92. The lowest BCUT2D eigenvalue weighted by atomic mass is 10.0. The van der Waals surface area contributed by atoms with Gasteiger partial charge in [-0.3, -0.25) is 4.98 Å². The van der Waals surface area contributed by atoms with Crippen molar-refractivity contribution in [2.75, 3.05) is 0 Å². The van der Waals surface area contributed by atoms with Crippen molar-refractivity contribution in [2.45, 2.75) is 6.10 Å². The summed E-state index contributed by atoms with van der Waals surface area (Å²) in [5.41, 5.74) is 1.54. The fourth-order valence-electron chi connectivity index (χ4n) is 2.09. The maximum atomic E-state index is 10.3. The van der Waals surface area contributed by atoms with Crippen molar-refractivity contribution in [3.63, 3.8) is 0 Å². The second kappa shape index (κ2) is 4.59. The van der Waals surface area contributed by atoms with E-state index in [9.17, 15) is 5.11 Å². The molecule has 1 heterocycles. The minimum absolute atomic E-state index is 0.671. The van der Waals surface area contributed by atoms with Crippen LogP contribution in [0.5, 0.6) is 0 Å². The number of pyridine rings is 1. The van der Waals surface area contributed by atoms with Crippen molar-refractivity contribution in [1.29, 1.82) is 0 Å². The number of nitrogens with zero attached hydrogens (tertiary/aromatic N) is 1. The van der Waals surface area contributed by atoms with Crippen LogP contribution in [0.2, 0.25) is 0 Å². The number of aliphatic hydroxyl groups excluding tert-OH is 1. The van der Waals surface area contributed by atoms with Crippen LogP contribution in [-0.2, 0) is 0 Å². The quantitative estimate of drug-likeness (QED) is 0.739. The standard InChI is InChI=1S/C16H13NO/c18-16(15-7-3-4-10-17-15)14-9-8-12-5-1-2-6-13(12)11-14/h1-11,16,18H/t16-/m1/s1. The fourth-order valence-corrected chi connectivity index (χ4v) is 2.09. The molecule has 0 bridgehead atoms. The molecule has 2 heteroatoms. The minimum atomic E-state index is -0.671. The highest BCUT2D eigenvalue weighted by Gasteiger charge is 2.11. The molecule has 0 radical (unpaired) electrons. The molecular formula is C16H13NO. The minimum Gasteiger partial charge on any atom is -0.382 e. The lowest BCUT2D eigenvalue weighted by molar-refractivity contribution is 0.215. The Kier molecular flexibility index (Phi) is 2.79. The topological polar surface area (TPSA) is 33.1 Å². The molecule has 0 aliphatic rings. The van der Waals surface area contributed by atoms with Crippen LogP contribution >= 0.6 is 0 Å². The van der Waals surface area contributed by atoms with Gasteiger partial charge < -0.3 is 5.11 Å². The molecule has 0 amide bonds. The van der Waals surface area contributed by atoms with E-state index in [2.05, 4.69) is 11.1 Å². The zero-order valence-electron chi connectivity index (χ0n) is 9.82. The van der Waals surface area contributed by atoms with Crippen LogP contribution in [0, 0.1) is 0 Å². The van der Waals surface area contributed by atoms with Crippen LogP contribution in [0.15, 0.2) is 66.9 Å². The molecular weight excluding hydrogens is 222 g/mol. The third kappa shape index (κ3) is 1.98. The van der Waals surface area contributed by atoms with Gasteiger partial charge in [-0.05, 0) is 34.5 Å². The summed E-state index contributed by atoms with van der Waals surface area (Å²) < 4.78 is 0. The van der Waals surface area contributed by atoms with Gasteiger partial charge in [0.2, 0.25) is 0 Å². The summed E-state index contributed by atoms with van der Waals surface area (Å²) in [6.07, 6.45) is 1.02. The van der Waals surface area contributed by atoms with E-state index in [1.807, 2.05) is 54.6 Å². The molecule has 2 aromatic carbocycles. The first-order valence-electron chi connectivity index (χ1n) is 5.92. The van der Waals surface area contributed by atoms with Gasteiger partial charge in [0, 0.05) is 6.20 Å². The van der Waals surface area contributed by atoms with Crippen LogP contribution in [0.1, 0.15) is 17.4 Å². The molecule has 0 fully saturated rings. The summed E-state index contributed by atoms with van der Waals surface area (Å²) in [4.78, 5) is 4.19. The van der Waals surface area contributed by atoms with E-state index in [1.165, 1.54) is 5.39 Å². The lowest BCUT2D eigenvalue weighted by Gasteiger charge is -2.11. The van der Waals surface area contributed by atoms with Gasteiger partial charge >= 0.3 is 0 Å². The fraction of sp³-hybridized carbons (Fsp3) is 0.0625. The molecule has 88 valence electrons. The first-order chi connectivity index (χ1) is 8.84. The van der Waals surface area contributed by atoms with Gasteiger partial charge in [0.05, 0.1) is 5.69 Å². The second-order valence-corrected chi connectivity index (χ2v) is 4.26. The van der Waals surface area contributed by atoms with Gasteiger partial charge in [0.25, 0.3) is 0 Å².